The quantitative estimate of drug-likeness (QED) is 0.487. The van der Waals surface area contributed by atoms with Gasteiger partial charge in [0.2, 0.25) is 0 Å². The van der Waals surface area contributed by atoms with Gasteiger partial charge in [0.25, 0.3) is 11.8 Å². The normalized spacial score (nSPS) is 16.4. The first kappa shape index (κ1) is 13.8. The number of carbonyl (C=O) groups excluding carboxylic acids is 2. The smallest absolute Gasteiger partial charge is 0.267 e. The zero-order valence-corrected chi connectivity index (χ0v) is 13.1. The summed E-state index contributed by atoms with van der Waals surface area (Å²) in [6.07, 6.45) is 1.61. The van der Waals surface area contributed by atoms with E-state index in [0.717, 1.165) is 9.13 Å². The van der Waals surface area contributed by atoms with Crippen molar-refractivity contribution in [3.63, 3.8) is 0 Å². The van der Waals surface area contributed by atoms with Crippen molar-refractivity contribution < 1.29 is 9.59 Å². The molecule has 1 saturated heterocycles. The lowest BCUT2D eigenvalue weighted by Crippen LogP contribution is -2.35. The van der Waals surface area contributed by atoms with Crippen molar-refractivity contribution in [2.45, 2.75) is 0 Å². The minimum absolute atomic E-state index is 0.140. The number of para-hydroxylation sites is 1. The van der Waals surface area contributed by atoms with Gasteiger partial charge in [-0.05, 0) is 58.5 Å². The van der Waals surface area contributed by atoms with Crippen LogP contribution in [0.15, 0.2) is 60.2 Å². The van der Waals surface area contributed by atoms with Crippen molar-refractivity contribution in [3.05, 3.63) is 69.3 Å². The van der Waals surface area contributed by atoms with Gasteiger partial charge in [-0.15, -0.1) is 0 Å². The topological polar surface area (TPSA) is 49.4 Å². The molecule has 2 aromatic carbocycles. The van der Waals surface area contributed by atoms with E-state index in [9.17, 15) is 9.59 Å². The number of hydrogen-bond acceptors (Lipinski definition) is 2. The number of benzene rings is 2. The van der Waals surface area contributed by atoms with Gasteiger partial charge in [0.05, 0.1) is 5.69 Å². The Morgan fingerprint density at radius 1 is 1.00 bits per heavy atom. The van der Waals surface area contributed by atoms with Crippen LogP contribution >= 0.6 is 22.6 Å². The molecule has 0 unspecified atom stereocenters. The lowest BCUT2D eigenvalue weighted by atomic mass is 10.1. The van der Waals surface area contributed by atoms with E-state index in [1.54, 1.807) is 18.2 Å². The molecular weight excluding hydrogens is 379 g/mol. The number of anilines is 1. The standard InChI is InChI=1S/C16H11IN2O2/c17-12-6-4-5-11(9-12)10-14-15(20)18-19(16(14)21)13-7-2-1-3-8-13/h1-10H,(H,18,20)/b14-10-. The highest BCUT2D eigenvalue weighted by atomic mass is 127. The SMILES string of the molecule is O=C1NN(c2ccccc2)C(=O)/C1=C\c1cccc(I)c1. The van der Waals surface area contributed by atoms with Gasteiger partial charge in [0, 0.05) is 3.57 Å². The molecule has 0 aliphatic carbocycles. The minimum atomic E-state index is -0.386. The van der Waals surface area contributed by atoms with E-state index in [1.807, 2.05) is 42.5 Å². The fourth-order valence-electron chi connectivity index (χ4n) is 2.08. The molecule has 0 spiro atoms. The van der Waals surface area contributed by atoms with E-state index in [-0.39, 0.29) is 17.4 Å². The summed E-state index contributed by atoms with van der Waals surface area (Å²) < 4.78 is 1.05. The number of hydrogen-bond donors (Lipinski definition) is 1. The van der Waals surface area contributed by atoms with Gasteiger partial charge in [0.15, 0.2) is 0 Å². The van der Waals surface area contributed by atoms with Gasteiger partial charge >= 0.3 is 0 Å². The van der Waals surface area contributed by atoms with Crippen LogP contribution < -0.4 is 10.4 Å². The van der Waals surface area contributed by atoms with Crippen molar-refractivity contribution in [1.82, 2.24) is 5.43 Å². The van der Waals surface area contributed by atoms with Crippen molar-refractivity contribution in [1.29, 1.82) is 0 Å². The van der Waals surface area contributed by atoms with Crippen LogP contribution in [0.25, 0.3) is 6.08 Å². The van der Waals surface area contributed by atoms with Crippen molar-refractivity contribution >= 4 is 46.2 Å². The fourth-order valence-corrected chi connectivity index (χ4v) is 2.65. The molecule has 21 heavy (non-hydrogen) atoms. The number of hydrazine groups is 1. The highest BCUT2D eigenvalue weighted by molar-refractivity contribution is 14.1. The molecule has 2 aromatic rings. The van der Waals surface area contributed by atoms with Gasteiger partial charge in [0.1, 0.15) is 5.57 Å². The zero-order valence-electron chi connectivity index (χ0n) is 10.9. The predicted molar refractivity (Wildman–Crippen MR) is 89.2 cm³/mol. The maximum absolute atomic E-state index is 12.4. The molecule has 4 nitrogen and oxygen atoms in total. The van der Waals surface area contributed by atoms with E-state index in [2.05, 4.69) is 28.0 Å². The Morgan fingerprint density at radius 2 is 1.76 bits per heavy atom. The Bertz CT molecular complexity index is 741. The van der Waals surface area contributed by atoms with Gasteiger partial charge in [-0.1, -0.05) is 30.3 Å². The lowest BCUT2D eigenvalue weighted by Gasteiger charge is -2.13. The highest BCUT2D eigenvalue weighted by Crippen LogP contribution is 2.21. The summed E-state index contributed by atoms with van der Waals surface area (Å²) in [7, 11) is 0. The third kappa shape index (κ3) is 2.82. The average molecular weight is 390 g/mol. The Morgan fingerprint density at radius 3 is 2.48 bits per heavy atom. The second-order valence-electron chi connectivity index (χ2n) is 4.53. The molecular formula is C16H11IN2O2. The highest BCUT2D eigenvalue weighted by Gasteiger charge is 2.34. The summed E-state index contributed by atoms with van der Waals surface area (Å²) in [5, 5.41) is 1.27. The minimum Gasteiger partial charge on any atom is -0.267 e. The summed E-state index contributed by atoms with van der Waals surface area (Å²) in [4.78, 5) is 24.4. The first-order valence-corrected chi connectivity index (χ1v) is 7.41. The molecule has 3 rings (SSSR count). The van der Waals surface area contributed by atoms with Gasteiger partial charge in [-0.2, -0.15) is 0 Å². The third-order valence-electron chi connectivity index (χ3n) is 3.07. The Hall–Kier alpha value is -2.15. The van der Waals surface area contributed by atoms with Crippen molar-refractivity contribution in [2.75, 3.05) is 5.01 Å². The van der Waals surface area contributed by atoms with Crippen LogP contribution in [0.1, 0.15) is 5.56 Å². The third-order valence-corrected chi connectivity index (χ3v) is 3.74. The largest absolute Gasteiger partial charge is 0.282 e. The number of nitrogens with one attached hydrogen (secondary N) is 1. The first-order chi connectivity index (χ1) is 10.1. The van der Waals surface area contributed by atoms with Gasteiger partial charge in [-0.25, -0.2) is 5.01 Å². The van der Waals surface area contributed by atoms with E-state index < -0.39 is 0 Å². The molecule has 0 atom stereocenters. The number of halogens is 1. The van der Waals surface area contributed by atoms with E-state index in [4.69, 9.17) is 0 Å². The molecule has 1 heterocycles. The lowest BCUT2D eigenvalue weighted by molar-refractivity contribution is -0.117. The van der Waals surface area contributed by atoms with Crippen LogP contribution in [-0.4, -0.2) is 11.8 Å². The molecule has 1 aliphatic rings. The second-order valence-corrected chi connectivity index (χ2v) is 5.78. The second kappa shape index (κ2) is 5.69. The fraction of sp³-hybridized carbons (Fsp3) is 0. The van der Waals surface area contributed by atoms with Gasteiger partial charge < -0.3 is 0 Å². The number of carbonyl (C=O) groups is 2. The van der Waals surface area contributed by atoms with Crippen LogP contribution in [-0.2, 0) is 9.59 Å². The molecule has 1 fully saturated rings. The van der Waals surface area contributed by atoms with Crippen LogP contribution in [0.3, 0.4) is 0 Å². The van der Waals surface area contributed by atoms with Crippen molar-refractivity contribution in [2.24, 2.45) is 0 Å². The van der Waals surface area contributed by atoms with Crippen molar-refractivity contribution in [3.8, 4) is 0 Å². The Balaban J connectivity index is 1.94. The summed E-state index contributed by atoms with van der Waals surface area (Å²) in [5.41, 5.74) is 4.19. The number of nitrogens with zero attached hydrogens (tertiary/aromatic N) is 1. The van der Waals surface area contributed by atoms with E-state index in [1.165, 1.54) is 5.01 Å². The van der Waals surface area contributed by atoms with Crippen LogP contribution in [0.4, 0.5) is 5.69 Å². The molecule has 0 aromatic heterocycles. The maximum Gasteiger partial charge on any atom is 0.282 e. The molecule has 0 bridgehead atoms. The summed E-state index contributed by atoms with van der Waals surface area (Å²) >= 11 is 2.19. The van der Waals surface area contributed by atoms with Gasteiger partial charge in [-0.3, -0.25) is 15.0 Å². The Kier molecular flexibility index (Phi) is 3.74. The van der Waals surface area contributed by atoms with E-state index >= 15 is 0 Å². The molecule has 1 N–H and O–H groups in total. The number of amides is 2. The first-order valence-electron chi connectivity index (χ1n) is 6.33. The summed E-state index contributed by atoms with van der Waals surface area (Å²) in [6.45, 7) is 0. The average Bonchev–Trinajstić information content (AvgIpc) is 2.76. The molecule has 104 valence electrons. The summed E-state index contributed by atoms with van der Waals surface area (Å²) in [6, 6.07) is 16.6. The molecule has 0 radical (unpaired) electrons. The maximum atomic E-state index is 12.4. The Labute approximate surface area is 135 Å². The molecule has 2 amide bonds. The van der Waals surface area contributed by atoms with Crippen LogP contribution in [0.2, 0.25) is 0 Å². The van der Waals surface area contributed by atoms with E-state index in [0.29, 0.717) is 5.69 Å². The summed E-state index contributed by atoms with van der Waals surface area (Å²) in [5.74, 6) is -0.729. The number of rotatable bonds is 2. The predicted octanol–water partition coefficient (Wildman–Crippen LogP) is 2.75. The molecule has 5 heteroatoms. The van der Waals surface area contributed by atoms with Crippen LogP contribution in [0.5, 0.6) is 0 Å². The molecule has 0 saturated carbocycles. The monoisotopic (exact) mass is 390 g/mol. The molecule has 1 aliphatic heterocycles. The van der Waals surface area contributed by atoms with Crippen LogP contribution in [0, 0.1) is 3.57 Å². The zero-order chi connectivity index (χ0) is 14.8.